The van der Waals surface area contributed by atoms with Crippen LogP contribution in [0.3, 0.4) is 0 Å². The molecule has 4 bridgehead atoms. The van der Waals surface area contributed by atoms with Gasteiger partial charge in [0.25, 0.3) is 0 Å². The Kier molecular flexibility index (Phi) is 5.59. The molecule has 0 aliphatic heterocycles. The molecule has 0 spiro atoms. The molecule has 4 aliphatic carbocycles. The van der Waals surface area contributed by atoms with Crippen LogP contribution in [-0.4, -0.2) is 38.0 Å². The van der Waals surface area contributed by atoms with Crippen LogP contribution in [0.15, 0.2) is 29.6 Å². The molecular formula is C23H29N7OS. The highest BCUT2D eigenvalue weighted by atomic mass is 32.2. The normalized spacial score (nSPS) is 31.2. The van der Waals surface area contributed by atoms with Crippen molar-refractivity contribution in [2.75, 3.05) is 23.4 Å². The molecule has 2 aromatic rings. The third-order valence-corrected chi connectivity index (χ3v) is 8.48. The minimum atomic E-state index is -1.18. The van der Waals surface area contributed by atoms with Crippen molar-refractivity contribution in [2.24, 2.45) is 28.9 Å². The Bertz CT molecular complexity index is 1070. The number of anilines is 2. The molecule has 4 fully saturated rings. The van der Waals surface area contributed by atoms with Gasteiger partial charge >= 0.3 is 0 Å². The Morgan fingerprint density at radius 2 is 2.03 bits per heavy atom. The predicted octanol–water partition coefficient (Wildman–Crippen LogP) is 2.66. The summed E-state index contributed by atoms with van der Waals surface area (Å²) in [7, 11) is -1.18. The minimum absolute atomic E-state index is 0.257. The molecule has 0 saturated heterocycles. The summed E-state index contributed by atoms with van der Waals surface area (Å²) < 4.78 is 11.9. The van der Waals surface area contributed by atoms with E-state index in [-0.39, 0.29) is 5.41 Å². The van der Waals surface area contributed by atoms with Crippen LogP contribution < -0.4 is 16.4 Å². The molecule has 6 rings (SSSR count). The lowest BCUT2D eigenvalue weighted by atomic mass is 9.48. The lowest BCUT2D eigenvalue weighted by molar-refractivity contribution is -0.0591. The van der Waals surface area contributed by atoms with E-state index in [0.717, 1.165) is 18.0 Å². The zero-order chi connectivity index (χ0) is 22.3. The van der Waals surface area contributed by atoms with Crippen molar-refractivity contribution in [1.82, 2.24) is 15.0 Å². The Morgan fingerprint density at radius 1 is 1.25 bits per heavy atom. The summed E-state index contributed by atoms with van der Waals surface area (Å²) in [5, 5.41) is 16.8. The highest BCUT2D eigenvalue weighted by Crippen LogP contribution is 2.59. The molecule has 6 atom stereocenters. The molecule has 168 valence electrons. The van der Waals surface area contributed by atoms with E-state index in [2.05, 4.69) is 31.7 Å². The topological polar surface area (TPSA) is 130 Å². The SMILES string of the molecule is CS(=O)c1ncccc1CNc1ncc(C#N)c(NCC23CC4C[C@H](C2)C(N)[C@@H](C4)C3)n1. The van der Waals surface area contributed by atoms with Gasteiger partial charge in [0.15, 0.2) is 0 Å². The van der Waals surface area contributed by atoms with Gasteiger partial charge in [-0.05, 0) is 61.3 Å². The summed E-state index contributed by atoms with van der Waals surface area (Å²) in [5.74, 6) is 3.06. The first-order valence-corrected chi connectivity index (χ1v) is 12.8. The molecule has 4 aliphatic rings. The molecular weight excluding hydrogens is 422 g/mol. The van der Waals surface area contributed by atoms with E-state index in [1.807, 2.05) is 12.1 Å². The summed E-state index contributed by atoms with van der Waals surface area (Å²) in [6, 6.07) is 6.26. The summed E-state index contributed by atoms with van der Waals surface area (Å²) >= 11 is 0. The van der Waals surface area contributed by atoms with Gasteiger partial charge in [0.1, 0.15) is 22.5 Å². The molecule has 0 radical (unpaired) electrons. The molecule has 0 aromatic carbocycles. The van der Waals surface area contributed by atoms with Gasteiger partial charge in [0.05, 0.1) is 17.0 Å². The van der Waals surface area contributed by atoms with Crippen molar-refractivity contribution >= 4 is 22.6 Å². The van der Waals surface area contributed by atoms with E-state index in [4.69, 9.17) is 5.73 Å². The van der Waals surface area contributed by atoms with E-state index >= 15 is 0 Å². The smallest absolute Gasteiger partial charge is 0.224 e. The number of nitrogens with one attached hydrogen (secondary N) is 2. The number of aromatic nitrogens is 3. The van der Waals surface area contributed by atoms with Crippen LogP contribution in [0.25, 0.3) is 0 Å². The van der Waals surface area contributed by atoms with Crippen molar-refractivity contribution in [3.05, 3.63) is 35.7 Å². The van der Waals surface area contributed by atoms with Gasteiger partial charge in [0.2, 0.25) is 5.95 Å². The van der Waals surface area contributed by atoms with Crippen LogP contribution in [0.2, 0.25) is 0 Å². The van der Waals surface area contributed by atoms with E-state index < -0.39 is 10.8 Å². The van der Waals surface area contributed by atoms with Crippen LogP contribution in [0.1, 0.15) is 43.2 Å². The van der Waals surface area contributed by atoms with Gasteiger partial charge in [-0.2, -0.15) is 10.2 Å². The Hall–Kier alpha value is -2.57. The van der Waals surface area contributed by atoms with Crippen LogP contribution in [0, 0.1) is 34.5 Å². The average Bonchev–Trinajstić information content (AvgIpc) is 2.79. The molecule has 2 heterocycles. The molecule has 4 saturated carbocycles. The minimum Gasteiger partial charge on any atom is -0.368 e. The zero-order valence-corrected chi connectivity index (χ0v) is 19.1. The van der Waals surface area contributed by atoms with E-state index in [0.29, 0.717) is 46.8 Å². The number of nitriles is 1. The molecule has 4 N–H and O–H groups in total. The Morgan fingerprint density at radius 3 is 2.75 bits per heavy atom. The van der Waals surface area contributed by atoms with Gasteiger partial charge in [0, 0.05) is 37.1 Å². The van der Waals surface area contributed by atoms with E-state index in [1.165, 1.54) is 32.1 Å². The second-order valence-corrected chi connectivity index (χ2v) is 11.0. The molecule has 4 unspecified atom stereocenters. The van der Waals surface area contributed by atoms with Gasteiger partial charge < -0.3 is 16.4 Å². The summed E-state index contributed by atoms with van der Waals surface area (Å²) in [5.41, 5.74) is 8.02. The Balaban J connectivity index is 1.29. The van der Waals surface area contributed by atoms with Gasteiger partial charge in [-0.1, -0.05) is 6.07 Å². The number of nitrogens with two attached hydrogens (primary N) is 1. The van der Waals surface area contributed by atoms with Crippen LogP contribution in [0.5, 0.6) is 0 Å². The second kappa shape index (κ2) is 8.41. The van der Waals surface area contributed by atoms with Crippen LogP contribution >= 0.6 is 0 Å². The fraction of sp³-hybridized carbons (Fsp3) is 0.565. The van der Waals surface area contributed by atoms with Gasteiger partial charge in [-0.25, -0.2) is 9.97 Å². The predicted molar refractivity (Wildman–Crippen MR) is 123 cm³/mol. The molecule has 0 amide bonds. The summed E-state index contributed by atoms with van der Waals surface area (Å²) in [6.45, 7) is 1.22. The number of pyridine rings is 1. The number of rotatable bonds is 7. The first-order chi connectivity index (χ1) is 15.5. The summed E-state index contributed by atoms with van der Waals surface area (Å²) in [6.07, 6.45) is 11.0. The average molecular weight is 452 g/mol. The van der Waals surface area contributed by atoms with E-state index in [9.17, 15) is 9.47 Å². The van der Waals surface area contributed by atoms with Gasteiger partial charge in [-0.3, -0.25) is 4.21 Å². The van der Waals surface area contributed by atoms with Crippen molar-refractivity contribution in [2.45, 2.75) is 49.7 Å². The standard InChI is InChI=1S/C23H29N7OS/c1-32(31)21-15(3-2-4-26-21)11-27-22-28-12-18(10-24)20(30-22)29-13-23-7-14-5-16(8-23)19(25)17(6-14)9-23/h2-4,12,14,16-17,19H,5-9,11,13,25H2,1H3,(H2,27,28,29,30)/t14?,16-,17+,19?,23?,32?. The Labute approximate surface area is 190 Å². The van der Waals surface area contributed by atoms with Crippen molar-refractivity contribution in [3.63, 3.8) is 0 Å². The molecule has 8 nitrogen and oxygen atoms in total. The molecule has 2 aromatic heterocycles. The first kappa shape index (κ1) is 21.3. The van der Waals surface area contributed by atoms with Crippen LogP contribution in [0.4, 0.5) is 11.8 Å². The summed E-state index contributed by atoms with van der Waals surface area (Å²) in [4.78, 5) is 13.1. The lowest BCUT2D eigenvalue weighted by Gasteiger charge is -2.59. The molecule has 32 heavy (non-hydrogen) atoms. The first-order valence-electron chi connectivity index (χ1n) is 11.2. The number of nitrogens with zero attached hydrogens (tertiary/aromatic N) is 4. The quantitative estimate of drug-likeness (QED) is 0.586. The van der Waals surface area contributed by atoms with Gasteiger partial charge in [-0.15, -0.1) is 0 Å². The largest absolute Gasteiger partial charge is 0.368 e. The maximum atomic E-state index is 11.9. The third kappa shape index (κ3) is 3.97. The molecule has 9 heteroatoms. The van der Waals surface area contributed by atoms with E-state index in [1.54, 1.807) is 18.6 Å². The van der Waals surface area contributed by atoms with Crippen molar-refractivity contribution < 1.29 is 4.21 Å². The fourth-order valence-corrected chi connectivity index (χ4v) is 7.11. The van der Waals surface area contributed by atoms with Crippen molar-refractivity contribution in [3.8, 4) is 6.07 Å². The monoisotopic (exact) mass is 451 g/mol. The second-order valence-electron chi connectivity index (χ2n) is 9.74. The third-order valence-electron chi connectivity index (χ3n) is 7.57. The lowest BCUT2D eigenvalue weighted by Crippen LogP contribution is -2.58. The number of hydrogen-bond acceptors (Lipinski definition) is 8. The highest BCUT2D eigenvalue weighted by Gasteiger charge is 2.54. The highest BCUT2D eigenvalue weighted by molar-refractivity contribution is 7.84. The fourth-order valence-electron chi connectivity index (χ4n) is 6.40. The maximum absolute atomic E-state index is 11.9. The maximum Gasteiger partial charge on any atom is 0.224 e. The number of hydrogen-bond donors (Lipinski definition) is 3. The van der Waals surface area contributed by atoms with Crippen LogP contribution in [-0.2, 0) is 17.3 Å². The zero-order valence-electron chi connectivity index (χ0n) is 18.3. The van der Waals surface area contributed by atoms with Crippen molar-refractivity contribution in [1.29, 1.82) is 5.26 Å².